The molecule has 1 aromatic rings. The van der Waals surface area contributed by atoms with Crippen LogP contribution in [0.2, 0.25) is 0 Å². The summed E-state index contributed by atoms with van der Waals surface area (Å²) in [6, 6.07) is 5.30. The summed E-state index contributed by atoms with van der Waals surface area (Å²) in [5.74, 6) is 1.10. The highest BCUT2D eigenvalue weighted by molar-refractivity contribution is 7.79. The van der Waals surface area contributed by atoms with Gasteiger partial charge in [-0.25, -0.2) is 4.21 Å². The summed E-state index contributed by atoms with van der Waals surface area (Å²) in [5.41, 5.74) is 0.800. The van der Waals surface area contributed by atoms with Crippen LogP contribution in [0.15, 0.2) is 18.2 Å². The molecule has 1 N–H and O–H groups in total. The molecule has 0 amide bonds. The monoisotopic (exact) mass is 246 g/mol. The predicted octanol–water partition coefficient (Wildman–Crippen LogP) is 1.40. The van der Waals surface area contributed by atoms with Crippen LogP contribution in [-0.2, 0) is 22.4 Å². The Balaban J connectivity index is 2.68. The molecule has 6 heteroatoms. The van der Waals surface area contributed by atoms with Gasteiger partial charge in [0, 0.05) is 11.6 Å². The van der Waals surface area contributed by atoms with E-state index in [9.17, 15) is 4.21 Å². The Morgan fingerprint density at radius 1 is 1.31 bits per heavy atom. The minimum absolute atomic E-state index is 0.213. The van der Waals surface area contributed by atoms with E-state index in [1.165, 1.54) is 0 Å². The normalized spacial score (nSPS) is 12.2. The van der Waals surface area contributed by atoms with Gasteiger partial charge >= 0.3 is 0 Å². The summed E-state index contributed by atoms with van der Waals surface area (Å²) >= 11 is -1.94. The third kappa shape index (κ3) is 3.80. The Labute approximate surface area is 96.6 Å². The van der Waals surface area contributed by atoms with E-state index >= 15 is 0 Å². The summed E-state index contributed by atoms with van der Waals surface area (Å²) in [6.45, 7) is 0.222. The van der Waals surface area contributed by atoms with Crippen LogP contribution in [-0.4, -0.2) is 28.9 Å². The lowest BCUT2D eigenvalue weighted by Crippen LogP contribution is -2.02. The van der Waals surface area contributed by atoms with Gasteiger partial charge in [0.05, 0.1) is 20.8 Å². The van der Waals surface area contributed by atoms with Crippen molar-refractivity contribution in [2.45, 2.75) is 6.61 Å². The van der Waals surface area contributed by atoms with Gasteiger partial charge in [-0.05, 0) is 12.1 Å². The molecule has 1 atom stereocenters. The zero-order chi connectivity index (χ0) is 12.0. The van der Waals surface area contributed by atoms with Crippen molar-refractivity contribution in [2.75, 3.05) is 20.2 Å². The average Bonchev–Trinajstić information content (AvgIpc) is 2.29. The lowest BCUT2D eigenvalue weighted by atomic mass is 10.2. The Kier molecular flexibility index (Phi) is 5.24. The lowest BCUT2D eigenvalue weighted by molar-refractivity contribution is 0.159. The van der Waals surface area contributed by atoms with E-state index in [-0.39, 0.29) is 12.5 Å². The van der Waals surface area contributed by atoms with Gasteiger partial charge in [-0.2, -0.15) is 0 Å². The van der Waals surface area contributed by atoms with Crippen LogP contribution in [0.25, 0.3) is 0 Å². The predicted molar refractivity (Wildman–Crippen MR) is 60.0 cm³/mol. The zero-order valence-electron chi connectivity index (χ0n) is 9.13. The first-order valence-electron chi connectivity index (χ1n) is 4.53. The topological polar surface area (TPSA) is 65.0 Å². The molecule has 0 saturated heterocycles. The van der Waals surface area contributed by atoms with Crippen molar-refractivity contribution < 1.29 is 23.0 Å². The van der Waals surface area contributed by atoms with Gasteiger partial charge in [-0.15, -0.1) is 0 Å². The molecule has 0 aromatic heterocycles. The van der Waals surface area contributed by atoms with Crippen LogP contribution in [0.3, 0.4) is 0 Å². The Morgan fingerprint density at radius 3 is 2.62 bits per heavy atom. The highest BCUT2D eigenvalue weighted by atomic mass is 32.2. The van der Waals surface area contributed by atoms with Gasteiger partial charge in [-0.1, -0.05) is 0 Å². The van der Waals surface area contributed by atoms with E-state index in [4.69, 9.17) is 18.8 Å². The fourth-order valence-electron chi connectivity index (χ4n) is 1.19. The molecular formula is C10H14O5S. The van der Waals surface area contributed by atoms with Crippen LogP contribution in [0.4, 0.5) is 0 Å². The molecular weight excluding hydrogens is 232 g/mol. The van der Waals surface area contributed by atoms with Gasteiger partial charge < -0.3 is 18.8 Å². The smallest absolute Gasteiger partial charge is 0.179 e. The maximum Gasteiger partial charge on any atom is 0.179 e. The summed E-state index contributed by atoms with van der Waals surface area (Å²) in [6.07, 6.45) is 0. The van der Waals surface area contributed by atoms with E-state index < -0.39 is 11.1 Å². The molecule has 16 heavy (non-hydrogen) atoms. The minimum Gasteiger partial charge on any atom is -0.497 e. The number of rotatable bonds is 6. The molecule has 0 spiro atoms. The molecule has 1 unspecified atom stereocenters. The second-order valence-electron chi connectivity index (χ2n) is 2.97. The van der Waals surface area contributed by atoms with Crippen molar-refractivity contribution in [3.05, 3.63) is 23.8 Å². The fourth-order valence-corrected chi connectivity index (χ4v) is 1.42. The molecule has 0 aliphatic heterocycles. The molecule has 90 valence electrons. The molecule has 0 heterocycles. The number of methoxy groups -OCH3 is 2. The van der Waals surface area contributed by atoms with E-state index in [1.807, 2.05) is 0 Å². The Hall–Kier alpha value is -1.11. The molecule has 1 rings (SSSR count). The Bertz CT molecular complexity index is 366. The molecule has 0 saturated carbocycles. The number of benzene rings is 1. The van der Waals surface area contributed by atoms with Gasteiger partial charge in [0.25, 0.3) is 0 Å². The van der Waals surface area contributed by atoms with Crippen LogP contribution >= 0.6 is 0 Å². The first kappa shape index (κ1) is 13.0. The Morgan fingerprint density at radius 2 is 2.06 bits per heavy atom. The molecule has 0 aliphatic rings. The second kappa shape index (κ2) is 6.47. The van der Waals surface area contributed by atoms with E-state index in [1.54, 1.807) is 32.4 Å². The SMILES string of the molecule is COc1ccc(COCS(=O)O)c(OC)c1. The molecule has 1 aromatic carbocycles. The molecule has 0 aliphatic carbocycles. The largest absolute Gasteiger partial charge is 0.497 e. The first-order chi connectivity index (χ1) is 7.67. The van der Waals surface area contributed by atoms with Crippen molar-refractivity contribution in [3.8, 4) is 11.5 Å². The van der Waals surface area contributed by atoms with Crippen LogP contribution in [0.1, 0.15) is 5.56 Å². The zero-order valence-corrected chi connectivity index (χ0v) is 9.95. The molecule has 0 fully saturated rings. The summed E-state index contributed by atoms with van der Waals surface area (Å²) in [4.78, 5) is 0. The standard InChI is InChI=1S/C10H14O5S/c1-13-9-4-3-8(10(5-9)14-2)6-15-7-16(11)12/h3-5H,6-7H2,1-2H3,(H,11,12). The minimum atomic E-state index is -1.94. The van der Waals surface area contributed by atoms with E-state index in [0.29, 0.717) is 11.5 Å². The highest BCUT2D eigenvalue weighted by Crippen LogP contribution is 2.24. The van der Waals surface area contributed by atoms with Gasteiger partial charge in [-0.3, -0.25) is 0 Å². The number of ether oxygens (including phenoxy) is 3. The van der Waals surface area contributed by atoms with Crippen LogP contribution in [0, 0.1) is 0 Å². The van der Waals surface area contributed by atoms with Crippen molar-refractivity contribution in [1.82, 2.24) is 0 Å². The number of hydrogen-bond donors (Lipinski definition) is 1. The lowest BCUT2D eigenvalue weighted by Gasteiger charge is -2.10. The quantitative estimate of drug-likeness (QED) is 0.769. The third-order valence-corrected chi connectivity index (χ3v) is 2.30. The molecule has 0 radical (unpaired) electrons. The van der Waals surface area contributed by atoms with Crippen molar-refractivity contribution in [1.29, 1.82) is 0 Å². The summed E-state index contributed by atoms with van der Waals surface area (Å²) in [7, 11) is 3.11. The summed E-state index contributed by atoms with van der Waals surface area (Å²) in [5, 5.41) is 0. The van der Waals surface area contributed by atoms with E-state index in [2.05, 4.69) is 0 Å². The van der Waals surface area contributed by atoms with Gasteiger partial charge in [0.2, 0.25) is 0 Å². The summed E-state index contributed by atoms with van der Waals surface area (Å²) < 4.78 is 34.1. The molecule has 0 bridgehead atoms. The highest BCUT2D eigenvalue weighted by Gasteiger charge is 2.05. The van der Waals surface area contributed by atoms with Crippen molar-refractivity contribution in [2.24, 2.45) is 0 Å². The third-order valence-electron chi connectivity index (χ3n) is 1.94. The fraction of sp³-hybridized carbons (Fsp3) is 0.400. The van der Waals surface area contributed by atoms with Crippen molar-refractivity contribution in [3.63, 3.8) is 0 Å². The van der Waals surface area contributed by atoms with Crippen molar-refractivity contribution >= 4 is 11.1 Å². The van der Waals surface area contributed by atoms with Crippen LogP contribution < -0.4 is 9.47 Å². The van der Waals surface area contributed by atoms with Crippen LogP contribution in [0.5, 0.6) is 11.5 Å². The first-order valence-corrected chi connectivity index (χ1v) is 5.81. The van der Waals surface area contributed by atoms with Gasteiger partial charge in [0.15, 0.2) is 11.1 Å². The number of hydrogen-bond acceptors (Lipinski definition) is 4. The second-order valence-corrected chi connectivity index (χ2v) is 3.84. The van der Waals surface area contributed by atoms with E-state index in [0.717, 1.165) is 5.56 Å². The van der Waals surface area contributed by atoms with Gasteiger partial charge in [0.1, 0.15) is 17.4 Å². The maximum absolute atomic E-state index is 10.4. The molecule has 5 nitrogen and oxygen atoms in total. The average molecular weight is 246 g/mol. The maximum atomic E-state index is 10.4.